The van der Waals surface area contributed by atoms with Crippen LogP contribution in [-0.4, -0.2) is 49.2 Å². The molecule has 208 valence electrons. The van der Waals surface area contributed by atoms with E-state index in [0.717, 1.165) is 25.7 Å². The summed E-state index contributed by atoms with van der Waals surface area (Å²) in [6.45, 7) is 6.58. The SMILES string of the molecule is C[C@H](CCC(=O)O)[C@H]1CC[C@H]2[C@@H]3[C@@H](OS(=O)(=O)O)C[C@H]4C[C@@H](OS(=O)(=O)O)CC[C@]4(C)[C@H]3CC[C@]12C. The van der Waals surface area contributed by atoms with E-state index in [-0.39, 0.29) is 46.8 Å². The highest BCUT2D eigenvalue weighted by Gasteiger charge is 2.64. The number of carboxylic acids is 1. The molecule has 4 aliphatic rings. The van der Waals surface area contributed by atoms with Crippen LogP contribution in [0.2, 0.25) is 0 Å². The quantitative estimate of drug-likeness (QED) is 0.373. The molecule has 4 saturated carbocycles. The van der Waals surface area contributed by atoms with Crippen LogP contribution in [0.15, 0.2) is 0 Å². The Morgan fingerprint density at radius 3 is 2.14 bits per heavy atom. The van der Waals surface area contributed by atoms with Crippen molar-refractivity contribution < 1.29 is 44.2 Å². The first-order valence-electron chi connectivity index (χ1n) is 13.1. The zero-order valence-corrected chi connectivity index (χ0v) is 22.8. The molecule has 0 spiro atoms. The molecule has 0 amide bonds. The third kappa shape index (κ3) is 5.49. The minimum atomic E-state index is -4.70. The van der Waals surface area contributed by atoms with Gasteiger partial charge in [0.05, 0.1) is 12.2 Å². The van der Waals surface area contributed by atoms with Crippen molar-refractivity contribution >= 4 is 26.8 Å². The second kappa shape index (κ2) is 9.75. The summed E-state index contributed by atoms with van der Waals surface area (Å²) in [4.78, 5) is 11.2. The molecule has 0 aliphatic heterocycles. The third-order valence-electron chi connectivity index (χ3n) is 10.7. The molecule has 0 unspecified atom stereocenters. The average molecular weight is 553 g/mol. The highest BCUT2D eigenvalue weighted by Crippen LogP contribution is 2.69. The predicted molar refractivity (Wildman–Crippen MR) is 129 cm³/mol. The van der Waals surface area contributed by atoms with Gasteiger partial charge in [-0.15, -0.1) is 0 Å². The van der Waals surface area contributed by atoms with E-state index in [1.54, 1.807) is 0 Å². The second-order valence-corrected chi connectivity index (χ2v) is 14.4. The van der Waals surface area contributed by atoms with E-state index in [1.807, 2.05) is 0 Å². The molecule has 4 fully saturated rings. The Morgan fingerprint density at radius 2 is 1.53 bits per heavy atom. The fourth-order valence-corrected chi connectivity index (χ4v) is 10.2. The summed E-state index contributed by atoms with van der Waals surface area (Å²) in [5.74, 6) is -0.0748. The second-order valence-electron chi connectivity index (χ2n) is 12.3. The maximum atomic E-state index is 11.9. The monoisotopic (exact) mass is 552 g/mol. The fourth-order valence-electron chi connectivity index (χ4n) is 9.20. The van der Waals surface area contributed by atoms with E-state index in [2.05, 4.69) is 20.8 Å². The lowest BCUT2D eigenvalue weighted by molar-refractivity contribution is -0.166. The Kier molecular flexibility index (Phi) is 7.64. The molecule has 0 saturated heterocycles. The first kappa shape index (κ1) is 28.2. The van der Waals surface area contributed by atoms with Crippen LogP contribution in [0.3, 0.4) is 0 Å². The van der Waals surface area contributed by atoms with Crippen LogP contribution >= 0.6 is 0 Å². The number of hydrogen-bond donors (Lipinski definition) is 3. The van der Waals surface area contributed by atoms with Crippen LogP contribution in [0, 0.1) is 46.3 Å². The highest BCUT2D eigenvalue weighted by molar-refractivity contribution is 7.81. The number of hydrogen-bond acceptors (Lipinski definition) is 7. The molecule has 12 heteroatoms. The molecule has 0 aromatic rings. The van der Waals surface area contributed by atoms with Crippen molar-refractivity contribution in [2.24, 2.45) is 46.3 Å². The molecule has 0 aromatic heterocycles. The van der Waals surface area contributed by atoms with Crippen LogP contribution in [0.1, 0.15) is 85.0 Å². The summed E-state index contributed by atoms with van der Waals surface area (Å²) >= 11 is 0. The van der Waals surface area contributed by atoms with Gasteiger partial charge in [-0.25, -0.2) is 8.37 Å². The van der Waals surface area contributed by atoms with E-state index < -0.39 is 39.0 Å². The Hall–Kier alpha value is -0.790. The lowest BCUT2D eigenvalue weighted by atomic mass is 9.43. The van der Waals surface area contributed by atoms with Gasteiger partial charge >= 0.3 is 26.8 Å². The Labute approximate surface area is 214 Å². The average Bonchev–Trinajstić information content (AvgIpc) is 3.08. The van der Waals surface area contributed by atoms with Crippen molar-refractivity contribution in [3.8, 4) is 0 Å². The normalized spacial score (nSPS) is 43.8. The summed E-state index contributed by atoms with van der Waals surface area (Å²) < 4.78 is 75.5. The highest BCUT2D eigenvalue weighted by atomic mass is 32.3. The van der Waals surface area contributed by atoms with Crippen LogP contribution in [0.5, 0.6) is 0 Å². The molecule has 4 rings (SSSR count). The van der Waals surface area contributed by atoms with Crippen LogP contribution < -0.4 is 0 Å². The summed E-state index contributed by atoms with van der Waals surface area (Å²) in [7, 11) is -9.30. The van der Waals surface area contributed by atoms with Gasteiger partial charge < -0.3 is 5.11 Å². The third-order valence-corrected chi connectivity index (χ3v) is 11.7. The number of carbonyl (C=O) groups is 1. The van der Waals surface area contributed by atoms with Gasteiger partial charge in [0.25, 0.3) is 0 Å². The van der Waals surface area contributed by atoms with Gasteiger partial charge in [-0.05, 0) is 104 Å². The smallest absolute Gasteiger partial charge is 0.397 e. The van der Waals surface area contributed by atoms with Crippen molar-refractivity contribution in [3.63, 3.8) is 0 Å². The minimum absolute atomic E-state index is 0.0750. The summed E-state index contributed by atoms with van der Waals surface area (Å²) in [5, 5.41) is 9.17. The van der Waals surface area contributed by atoms with Crippen LogP contribution in [0.4, 0.5) is 0 Å². The number of rotatable bonds is 8. The predicted octanol–water partition coefficient (Wildman–Crippen LogP) is 4.13. The molecule has 4 aliphatic carbocycles. The first-order chi connectivity index (χ1) is 16.5. The minimum Gasteiger partial charge on any atom is -0.481 e. The zero-order valence-electron chi connectivity index (χ0n) is 21.2. The van der Waals surface area contributed by atoms with Crippen molar-refractivity contribution in [1.82, 2.24) is 0 Å². The van der Waals surface area contributed by atoms with Gasteiger partial charge in [-0.3, -0.25) is 13.9 Å². The van der Waals surface area contributed by atoms with E-state index in [0.29, 0.717) is 38.0 Å². The zero-order chi connectivity index (χ0) is 26.7. The lowest BCUT2D eigenvalue weighted by Crippen LogP contribution is -2.59. The molecule has 0 aromatic carbocycles. The van der Waals surface area contributed by atoms with E-state index in [4.69, 9.17) is 13.5 Å². The molecule has 0 heterocycles. The molecule has 0 bridgehead atoms. The first-order valence-corrected chi connectivity index (χ1v) is 15.8. The molecular weight excluding hydrogens is 512 g/mol. The Balaban J connectivity index is 1.63. The molecule has 10 nitrogen and oxygen atoms in total. The standard InChI is InChI=1S/C24H40O10S2/c1-14(4-7-21(25)26)17-5-6-18-22-19(9-11-24(17,18)3)23(2)10-8-16(33-35(27,28)29)12-15(23)13-20(22)34-36(30,31)32/h14-20,22H,4-13H2,1-3H3,(H,25,26)(H,27,28,29)(H,30,31,32)/t14-,15-,16+,17-,18+,19+,20+,22+,23+,24-/m1/s1. The summed E-state index contributed by atoms with van der Waals surface area (Å²) in [5.41, 5.74) is -0.244. The summed E-state index contributed by atoms with van der Waals surface area (Å²) in [6.07, 6.45) is 4.89. The van der Waals surface area contributed by atoms with E-state index >= 15 is 0 Å². The van der Waals surface area contributed by atoms with Gasteiger partial charge in [0.2, 0.25) is 0 Å². The van der Waals surface area contributed by atoms with Gasteiger partial charge in [-0.1, -0.05) is 20.8 Å². The van der Waals surface area contributed by atoms with Crippen molar-refractivity contribution in [1.29, 1.82) is 0 Å². The van der Waals surface area contributed by atoms with Crippen LogP contribution in [-0.2, 0) is 34.0 Å². The van der Waals surface area contributed by atoms with E-state index in [9.17, 15) is 30.7 Å². The van der Waals surface area contributed by atoms with Crippen molar-refractivity contribution in [2.75, 3.05) is 0 Å². The maximum absolute atomic E-state index is 11.9. The number of aliphatic carboxylic acids is 1. The summed E-state index contributed by atoms with van der Waals surface area (Å²) in [6, 6.07) is 0. The molecule has 0 radical (unpaired) electrons. The Morgan fingerprint density at radius 1 is 0.917 bits per heavy atom. The number of fused-ring (bicyclic) bond motifs is 5. The Bertz CT molecular complexity index is 1060. The van der Waals surface area contributed by atoms with Gasteiger partial charge in [0.15, 0.2) is 0 Å². The van der Waals surface area contributed by atoms with E-state index in [1.165, 1.54) is 0 Å². The van der Waals surface area contributed by atoms with Crippen molar-refractivity contribution in [2.45, 2.75) is 97.2 Å². The number of carboxylic acid groups (broad SMARTS) is 1. The fraction of sp³-hybridized carbons (Fsp3) is 0.958. The molecule has 10 atom stereocenters. The van der Waals surface area contributed by atoms with Gasteiger partial charge in [0, 0.05) is 6.42 Å². The molecular formula is C24H40O10S2. The molecule has 36 heavy (non-hydrogen) atoms. The molecule has 3 N–H and O–H groups in total. The van der Waals surface area contributed by atoms with Crippen LogP contribution in [0.25, 0.3) is 0 Å². The van der Waals surface area contributed by atoms with Gasteiger partial charge in [0.1, 0.15) is 0 Å². The van der Waals surface area contributed by atoms with Crippen molar-refractivity contribution in [3.05, 3.63) is 0 Å². The topological polar surface area (TPSA) is 164 Å². The lowest BCUT2D eigenvalue weighted by Gasteiger charge is -2.62. The van der Waals surface area contributed by atoms with Gasteiger partial charge in [-0.2, -0.15) is 16.8 Å². The largest absolute Gasteiger partial charge is 0.481 e. The maximum Gasteiger partial charge on any atom is 0.397 e.